The van der Waals surface area contributed by atoms with Crippen LogP contribution in [0.25, 0.3) is 5.69 Å². The molecule has 7 heteroatoms. The van der Waals surface area contributed by atoms with E-state index in [1.807, 2.05) is 50.6 Å². The number of aromatic nitrogens is 2. The van der Waals surface area contributed by atoms with E-state index in [1.165, 1.54) is 17.3 Å². The van der Waals surface area contributed by atoms with Gasteiger partial charge in [-0.1, -0.05) is 29.5 Å². The van der Waals surface area contributed by atoms with E-state index in [4.69, 9.17) is 0 Å². The summed E-state index contributed by atoms with van der Waals surface area (Å²) >= 11 is 1.29. The second-order valence-corrected chi connectivity index (χ2v) is 6.78. The van der Waals surface area contributed by atoms with E-state index in [0.717, 1.165) is 11.3 Å². The molecule has 0 bridgehead atoms. The summed E-state index contributed by atoms with van der Waals surface area (Å²) in [5, 5.41) is 5.63. The number of thioether (sulfide) groups is 1. The second kappa shape index (κ2) is 8.01. The molecule has 0 fully saturated rings. The van der Waals surface area contributed by atoms with Gasteiger partial charge in [-0.2, -0.15) is 0 Å². The van der Waals surface area contributed by atoms with Crippen molar-refractivity contribution in [2.45, 2.75) is 38.9 Å². The average molecular weight is 346 g/mol. The predicted octanol–water partition coefficient (Wildman–Crippen LogP) is 2.82. The summed E-state index contributed by atoms with van der Waals surface area (Å²) in [6.07, 6.45) is 3.56. The first-order valence-corrected chi connectivity index (χ1v) is 8.69. The number of hydrogen-bond donors (Lipinski definition) is 2. The summed E-state index contributed by atoms with van der Waals surface area (Å²) in [4.78, 5) is 27.7. The van der Waals surface area contributed by atoms with Gasteiger partial charge in [-0.25, -0.2) is 9.78 Å². The number of benzene rings is 1. The summed E-state index contributed by atoms with van der Waals surface area (Å²) in [6.45, 7) is 7.76. The second-order valence-electron chi connectivity index (χ2n) is 5.83. The molecule has 24 heavy (non-hydrogen) atoms. The molecule has 0 aliphatic rings. The van der Waals surface area contributed by atoms with Crippen LogP contribution >= 0.6 is 11.8 Å². The van der Waals surface area contributed by atoms with E-state index in [-0.39, 0.29) is 17.7 Å². The third kappa shape index (κ3) is 4.86. The molecular weight excluding hydrogens is 324 g/mol. The first-order valence-electron chi connectivity index (χ1n) is 7.71. The predicted molar refractivity (Wildman–Crippen MR) is 95.6 cm³/mol. The van der Waals surface area contributed by atoms with Crippen LogP contribution < -0.4 is 10.6 Å². The zero-order chi connectivity index (χ0) is 17.7. The fraction of sp³-hybridized carbons (Fsp3) is 0.353. The van der Waals surface area contributed by atoms with Crippen molar-refractivity contribution in [3.8, 4) is 5.69 Å². The number of imide groups is 1. The normalized spacial score (nSPS) is 10.7. The Morgan fingerprint density at radius 3 is 2.71 bits per heavy atom. The zero-order valence-electron chi connectivity index (χ0n) is 14.3. The molecule has 128 valence electrons. The third-order valence-corrected chi connectivity index (χ3v) is 4.19. The summed E-state index contributed by atoms with van der Waals surface area (Å²) in [5.74, 6) is -0.235. The van der Waals surface area contributed by atoms with E-state index >= 15 is 0 Å². The lowest BCUT2D eigenvalue weighted by atomic mass is 10.1. The van der Waals surface area contributed by atoms with Crippen molar-refractivity contribution in [2.24, 2.45) is 0 Å². The number of amides is 3. The molecule has 6 nitrogen and oxygen atoms in total. The molecule has 1 aromatic carbocycles. The molecule has 0 radical (unpaired) electrons. The molecule has 2 rings (SSSR count). The molecule has 1 heterocycles. The van der Waals surface area contributed by atoms with Crippen LogP contribution in [0.1, 0.15) is 25.0 Å². The largest absolute Gasteiger partial charge is 0.336 e. The first-order chi connectivity index (χ1) is 11.4. The Bertz CT molecular complexity index is 740. The standard InChI is InChI=1S/C17H22N4O2S/c1-11(2)19-16(23)20-15(22)10-24-17-18-7-8-21(17)14-6-5-12(3)9-13(14)4/h5-9,11H,10H2,1-4H3,(H2,19,20,22,23). The number of carbonyl (C=O) groups excluding carboxylic acids is 2. The van der Waals surface area contributed by atoms with Crippen LogP contribution in [0.3, 0.4) is 0 Å². The van der Waals surface area contributed by atoms with Crippen molar-refractivity contribution in [2.75, 3.05) is 5.75 Å². The van der Waals surface area contributed by atoms with E-state index in [0.29, 0.717) is 5.16 Å². The molecule has 0 saturated carbocycles. The van der Waals surface area contributed by atoms with Gasteiger partial charge in [0.25, 0.3) is 0 Å². The molecule has 0 spiro atoms. The van der Waals surface area contributed by atoms with Crippen molar-refractivity contribution < 1.29 is 9.59 Å². The van der Waals surface area contributed by atoms with Crippen molar-refractivity contribution in [3.63, 3.8) is 0 Å². The number of urea groups is 1. The summed E-state index contributed by atoms with van der Waals surface area (Å²) in [5.41, 5.74) is 3.36. The van der Waals surface area contributed by atoms with E-state index < -0.39 is 6.03 Å². The van der Waals surface area contributed by atoms with Crippen LogP contribution in [0.5, 0.6) is 0 Å². The molecule has 2 aromatic rings. The zero-order valence-corrected chi connectivity index (χ0v) is 15.1. The molecule has 0 aliphatic carbocycles. The molecule has 0 unspecified atom stereocenters. The summed E-state index contributed by atoms with van der Waals surface area (Å²) in [7, 11) is 0. The number of nitrogens with zero attached hydrogens (tertiary/aromatic N) is 2. The van der Waals surface area contributed by atoms with Crippen LogP contribution in [-0.4, -0.2) is 33.3 Å². The number of carbonyl (C=O) groups is 2. The molecule has 0 aliphatic heterocycles. The Morgan fingerprint density at radius 1 is 1.29 bits per heavy atom. The summed E-state index contributed by atoms with van der Waals surface area (Å²) < 4.78 is 1.95. The maximum atomic E-state index is 11.9. The van der Waals surface area contributed by atoms with Crippen LogP contribution in [0.2, 0.25) is 0 Å². The monoisotopic (exact) mass is 346 g/mol. The molecular formula is C17H22N4O2S. The number of nitrogens with one attached hydrogen (secondary N) is 2. The van der Waals surface area contributed by atoms with Crippen molar-refractivity contribution in [3.05, 3.63) is 41.7 Å². The van der Waals surface area contributed by atoms with Gasteiger partial charge in [0.15, 0.2) is 5.16 Å². The van der Waals surface area contributed by atoms with Crippen LogP contribution in [0, 0.1) is 13.8 Å². The van der Waals surface area contributed by atoms with Crippen LogP contribution in [-0.2, 0) is 4.79 Å². The van der Waals surface area contributed by atoms with Gasteiger partial charge in [0.2, 0.25) is 5.91 Å². The Morgan fingerprint density at radius 2 is 2.04 bits per heavy atom. The van der Waals surface area contributed by atoms with Gasteiger partial charge >= 0.3 is 6.03 Å². The van der Waals surface area contributed by atoms with Crippen molar-refractivity contribution >= 4 is 23.7 Å². The first kappa shape index (κ1) is 18.1. The van der Waals surface area contributed by atoms with Crippen LogP contribution in [0.4, 0.5) is 4.79 Å². The minimum absolute atomic E-state index is 0.0196. The molecule has 1 aromatic heterocycles. The molecule has 0 atom stereocenters. The summed E-state index contributed by atoms with van der Waals surface area (Å²) in [6, 6.07) is 5.68. The number of hydrogen-bond acceptors (Lipinski definition) is 4. The highest BCUT2D eigenvalue weighted by atomic mass is 32.2. The Labute approximate surface area is 146 Å². The molecule has 3 amide bonds. The molecule has 2 N–H and O–H groups in total. The third-order valence-electron chi connectivity index (χ3n) is 3.22. The van der Waals surface area contributed by atoms with Crippen molar-refractivity contribution in [1.29, 1.82) is 0 Å². The Hall–Kier alpha value is -2.28. The van der Waals surface area contributed by atoms with Gasteiger partial charge < -0.3 is 5.32 Å². The molecule has 0 saturated heterocycles. The van der Waals surface area contributed by atoms with E-state index in [9.17, 15) is 9.59 Å². The maximum absolute atomic E-state index is 11.9. The SMILES string of the molecule is Cc1ccc(-n2ccnc2SCC(=O)NC(=O)NC(C)C)c(C)c1. The smallest absolute Gasteiger partial charge is 0.321 e. The number of imidazole rings is 1. The number of aryl methyl sites for hydroxylation is 2. The van der Waals surface area contributed by atoms with Gasteiger partial charge in [0.1, 0.15) is 0 Å². The van der Waals surface area contributed by atoms with Crippen LogP contribution in [0.15, 0.2) is 35.7 Å². The quantitative estimate of drug-likeness (QED) is 0.816. The highest BCUT2D eigenvalue weighted by Gasteiger charge is 2.13. The van der Waals surface area contributed by atoms with Gasteiger partial charge in [-0.3, -0.25) is 14.7 Å². The highest BCUT2D eigenvalue weighted by Crippen LogP contribution is 2.23. The average Bonchev–Trinajstić information content (AvgIpc) is 2.92. The Kier molecular flexibility index (Phi) is 6.03. The lowest BCUT2D eigenvalue weighted by Gasteiger charge is -2.11. The lowest BCUT2D eigenvalue weighted by molar-refractivity contribution is -0.117. The van der Waals surface area contributed by atoms with Gasteiger partial charge in [0, 0.05) is 18.4 Å². The topological polar surface area (TPSA) is 76.0 Å². The maximum Gasteiger partial charge on any atom is 0.321 e. The van der Waals surface area contributed by atoms with E-state index in [1.54, 1.807) is 6.20 Å². The minimum Gasteiger partial charge on any atom is -0.336 e. The highest BCUT2D eigenvalue weighted by molar-refractivity contribution is 7.99. The van der Waals surface area contributed by atoms with Gasteiger partial charge in [-0.15, -0.1) is 0 Å². The van der Waals surface area contributed by atoms with Crippen molar-refractivity contribution in [1.82, 2.24) is 20.2 Å². The van der Waals surface area contributed by atoms with Gasteiger partial charge in [0.05, 0.1) is 11.4 Å². The Balaban J connectivity index is 2.01. The minimum atomic E-state index is -0.478. The lowest BCUT2D eigenvalue weighted by Crippen LogP contribution is -2.43. The number of rotatable bonds is 5. The van der Waals surface area contributed by atoms with E-state index in [2.05, 4.69) is 21.7 Å². The van der Waals surface area contributed by atoms with Gasteiger partial charge in [-0.05, 0) is 39.3 Å². The fourth-order valence-electron chi connectivity index (χ4n) is 2.25. The fourth-order valence-corrected chi connectivity index (χ4v) is 3.01.